The van der Waals surface area contributed by atoms with Crippen molar-refractivity contribution in [1.29, 1.82) is 0 Å². The summed E-state index contributed by atoms with van der Waals surface area (Å²) < 4.78 is 0. The zero-order valence-corrected chi connectivity index (χ0v) is 9.20. The van der Waals surface area contributed by atoms with E-state index in [1.165, 1.54) is 0 Å². The van der Waals surface area contributed by atoms with Gasteiger partial charge in [0.2, 0.25) is 0 Å². The van der Waals surface area contributed by atoms with E-state index in [9.17, 15) is 5.11 Å². The maximum Gasteiger partial charge on any atom is 0.0951 e. The molecule has 1 aromatic rings. The lowest BCUT2D eigenvalue weighted by Gasteiger charge is -2.37. The van der Waals surface area contributed by atoms with Crippen LogP contribution in [0.25, 0.3) is 0 Å². The summed E-state index contributed by atoms with van der Waals surface area (Å²) in [6.07, 6.45) is 3.25. The van der Waals surface area contributed by atoms with Gasteiger partial charge in [-0.2, -0.15) is 0 Å². The van der Waals surface area contributed by atoms with Gasteiger partial charge < -0.3 is 10.8 Å². The van der Waals surface area contributed by atoms with Crippen LogP contribution >= 0.6 is 0 Å². The molecule has 1 heterocycles. The summed E-state index contributed by atoms with van der Waals surface area (Å²) in [5.74, 6) is 0. The van der Waals surface area contributed by atoms with Crippen LogP contribution in [0.3, 0.4) is 0 Å². The largest absolute Gasteiger partial charge is 0.398 e. The molecule has 0 bridgehead atoms. The van der Waals surface area contributed by atoms with Gasteiger partial charge >= 0.3 is 0 Å². The first-order valence-electron chi connectivity index (χ1n) is 4.69. The van der Waals surface area contributed by atoms with E-state index in [0.717, 1.165) is 0 Å². The standard InChI is InChI=1S/C11H18N2O/c1-10(2,3)11(4,14)8-7-13-6-5-9(8)12/h5-7,14H,1-4H3,(H2,12,13). The highest BCUT2D eigenvalue weighted by atomic mass is 16.3. The molecule has 0 fully saturated rings. The highest BCUT2D eigenvalue weighted by Crippen LogP contribution is 2.40. The first-order valence-corrected chi connectivity index (χ1v) is 4.69. The number of hydrogen-bond acceptors (Lipinski definition) is 3. The van der Waals surface area contributed by atoms with E-state index in [4.69, 9.17) is 5.73 Å². The molecule has 14 heavy (non-hydrogen) atoms. The Bertz CT molecular complexity index is 326. The fourth-order valence-electron chi connectivity index (χ4n) is 1.22. The first kappa shape index (κ1) is 11.0. The summed E-state index contributed by atoms with van der Waals surface area (Å²) in [6, 6.07) is 1.70. The number of hydrogen-bond donors (Lipinski definition) is 2. The molecular weight excluding hydrogens is 176 g/mol. The van der Waals surface area contributed by atoms with Crippen molar-refractivity contribution in [1.82, 2.24) is 4.98 Å². The molecule has 1 rings (SSSR count). The van der Waals surface area contributed by atoms with Crippen LogP contribution in [-0.2, 0) is 5.60 Å². The number of nitrogens with zero attached hydrogens (tertiary/aromatic N) is 1. The Balaban J connectivity index is 3.23. The predicted molar refractivity (Wildman–Crippen MR) is 57.7 cm³/mol. The summed E-state index contributed by atoms with van der Waals surface area (Å²) in [5.41, 5.74) is 5.83. The summed E-state index contributed by atoms with van der Waals surface area (Å²) in [7, 11) is 0. The van der Waals surface area contributed by atoms with Crippen LogP contribution < -0.4 is 5.73 Å². The number of rotatable bonds is 1. The molecule has 0 amide bonds. The van der Waals surface area contributed by atoms with Crippen molar-refractivity contribution >= 4 is 5.69 Å². The second-order valence-electron chi connectivity index (χ2n) is 4.79. The van der Waals surface area contributed by atoms with Gasteiger partial charge in [0.05, 0.1) is 5.60 Å². The fourth-order valence-corrected chi connectivity index (χ4v) is 1.22. The SMILES string of the molecule is CC(C)(C)C(C)(O)c1cnccc1N. The topological polar surface area (TPSA) is 59.1 Å². The number of anilines is 1. The molecule has 0 aromatic carbocycles. The monoisotopic (exact) mass is 194 g/mol. The van der Waals surface area contributed by atoms with E-state index in [1.807, 2.05) is 20.8 Å². The number of aromatic nitrogens is 1. The van der Waals surface area contributed by atoms with E-state index >= 15 is 0 Å². The number of nitrogen functional groups attached to an aromatic ring is 1. The molecule has 1 atom stereocenters. The Labute approximate surface area is 85.0 Å². The molecular formula is C11H18N2O. The number of nitrogens with two attached hydrogens (primary N) is 1. The quantitative estimate of drug-likeness (QED) is 0.718. The molecule has 1 aromatic heterocycles. The molecule has 78 valence electrons. The zero-order chi connectivity index (χ0) is 11.0. The van der Waals surface area contributed by atoms with Crippen molar-refractivity contribution in [2.75, 3.05) is 5.73 Å². The average molecular weight is 194 g/mol. The Morgan fingerprint density at radius 3 is 2.29 bits per heavy atom. The average Bonchev–Trinajstić information content (AvgIpc) is 2.02. The third kappa shape index (κ3) is 1.73. The van der Waals surface area contributed by atoms with Crippen LogP contribution in [0.5, 0.6) is 0 Å². The van der Waals surface area contributed by atoms with Gasteiger partial charge in [0.1, 0.15) is 0 Å². The van der Waals surface area contributed by atoms with Crippen LogP contribution in [0.15, 0.2) is 18.5 Å². The molecule has 0 aliphatic carbocycles. The molecule has 0 spiro atoms. The van der Waals surface area contributed by atoms with Gasteiger partial charge in [0, 0.05) is 23.6 Å². The summed E-state index contributed by atoms with van der Waals surface area (Å²) in [4.78, 5) is 3.99. The molecule has 0 aliphatic heterocycles. The Morgan fingerprint density at radius 2 is 1.86 bits per heavy atom. The van der Waals surface area contributed by atoms with Crippen molar-refractivity contribution in [3.8, 4) is 0 Å². The van der Waals surface area contributed by atoms with E-state index in [-0.39, 0.29) is 5.41 Å². The Kier molecular flexibility index (Phi) is 2.54. The van der Waals surface area contributed by atoms with E-state index in [2.05, 4.69) is 4.98 Å². The van der Waals surface area contributed by atoms with Gasteiger partial charge in [-0.05, 0) is 18.4 Å². The van der Waals surface area contributed by atoms with Crippen molar-refractivity contribution in [2.45, 2.75) is 33.3 Å². The predicted octanol–water partition coefficient (Wildman–Crippen LogP) is 1.92. The molecule has 0 aliphatic rings. The van der Waals surface area contributed by atoms with Gasteiger partial charge in [-0.25, -0.2) is 0 Å². The van der Waals surface area contributed by atoms with Gasteiger partial charge in [-0.1, -0.05) is 20.8 Å². The van der Waals surface area contributed by atoms with Gasteiger partial charge in [-0.15, -0.1) is 0 Å². The maximum atomic E-state index is 10.4. The van der Waals surface area contributed by atoms with Crippen molar-refractivity contribution in [2.24, 2.45) is 5.41 Å². The summed E-state index contributed by atoms with van der Waals surface area (Å²) in [5, 5.41) is 10.4. The second-order valence-corrected chi connectivity index (χ2v) is 4.79. The Hall–Kier alpha value is -1.09. The van der Waals surface area contributed by atoms with Crippen molar-refractivity contribution in [3.05, 3.63) is 24.0 Å². The van der Waals surface area contributed by atoms with Gasteiger partial charge in [0.15, 0.2) is 0 Å². The van der Waals surface area contributed by atoms with Gasteiger partial charge in [0.25, 0.3) is 0 Å². The van der Waals surface area contributed by atoms with Crippen LogP contribution in [-0.4, -0.2) is 10.1 Å². The lowest BCUT2D eigenvalue weighted by Crippen LogP contribution is -2.37. The third-order valence-electron chi connectivity index (χ3n) is 2.84. The fraction of sp³-hybridized carbons (Fsp3) is 0.545. The van der Waals surface area contributed by atoms with Crippen LogP contribution in [0.1, 0.15) is 33.3 Å². The molecule has 3 nitrogen and oxygen atoms in total. The Morgan fingerprint density at radius 1 is 1.29 bits per heavy atom. The second kappa shape index (κ2) is 3.24. The molecule has 0 saturated carbocycles. The minimum Gasteiger partial charge on any atom is -0.398 e. The van der Waals surface area contributed by atoms with E-state index in [0.29, 0.717) is 11.3 Å². The van der Waals surface area contributed by atoms with Crippen molar-refractivity contribution in [3.63, 3.8) is 0 Å². The van der Waals surface area contributed by atoms with E-state index < -0.39 is 5.60 Å². The van der Waals surface area contributed by atoms with Crippen LogP contribution in [0.4, 0.5) is 5.69 Å². The smallest absolute Gasteiger partial charge is 0.0951 e. The van der Waals surface area contributed by atoms with Crippen LogP contribution in [0.2, 0.25) is 0 Å². The summed E-state index contributed by atoms with van der Waals surface area (Å²) in [6.45, 7) is 7.68. The molecule has 3 heteroatoms. The van der Waals surface area contributed by atoms with E-state index in [1.54, 1.807) is 25.4 Å². The molecule has 0 radical (unpaired) electrons. The maximum absolute atomic E-state index is 10.4. The molecule has 3 N–H and O–H groups in total. The molecule has 1 unspecified atom stereocenters. The highest BCUT2D eigenvalue weighted by molar-refractivity contribution is 5.48. The normalized spacial score (nSPS) is 16.4. The lowest BCUT2D eigenvalue weighted by molar-refractivity contribution is -0.0466. The first-order chi connectivity index (χ1) is 6.27. The number of aliphatic hydroxyl groups is 1. The lowest BCUT2D eigenvalue weighted by atomic mass is 9.73. The minimum absolute atomic E-state index is 0.274. The van der Waals surface area contributed by atoms with Gasteiger partial charge in [-0.3, -0.25) is 4.98 Å². The third-order valence-corrected chi connectivity index (χ3v) is 2.84. The van der Waals surface area contributed by atoms with Crippen molar-refractivity contribution < 1.29 is 5.11 Å². The number of pyridine rings is 1. The molecule has 0 saturated heterocycles. The minimum atomic E-state index is -0.967. The summed E-state index contributed by atoms with van der Waals surface area (Å²) >= 11 is 0. The zero-order valence-electron chi connectivity index (χ0n) is 9.20. The van der Waals surface area contributed by atoms with Crippen LogP contribution in [0, 0.1) is 5.41 Å². The highest BCUT2D eigenvalue weighted by Gasteiger charge is 2.38.